The second-order valence-corrected chi connectivity index (χ2v) is 6.54. The van der Waals surface area contributed by atoms with Gasteiger partial charge in [0.1, 0.15) is 13.2 Å². The van der Waals surface area contributed by atoms with E-state index in [4.69, 9.17) is 14.2 Å². The Hall–Kier alpha value is -2.82. The van der Waals surface area contributed by atoms with Gasteiger partial charge in [0.2, 0.25) is 0 Å². The predicted octanol–water partition coefficient (Wildman–Crippen LogP) is 3.77. The number of benzene rings is 2. The summed E-state index contributed by atoms with van der Waals surface area (Å²) < 4.78 is 16.1. The largest absolute Gasteiger partial charge is 0.486 e. The highest BCUT2D eigenvalue weighted by Crippen LogP contribution is 2.30. The highest BCUT2D eigenvalue weighted by molar-refractivity contribution is 5.98. The second kappa shape index (κ2) is 9.21. The third kappa shape index (κ3) is 5.33. The van der Waals surface area contributed by atoms with Crippen LogP contribution in [0, 0.1) is 0 Å². The van der Waals surface area contributed by atoms with Crippen LogP contribution in [0.15, 0.2) is 42.5 Å². The molecule has 1 aliphatic rings. The normalized spacial score (nSPS) is 12.5. The van der Waals surface area contributed by atoms with Gasteiger partial charge >= 0.3 is 5.97 Å². The highest BCUT2D eigenvalue weighted by atomic mass is 16.6. The number of hydrogen-bond acceptors (Lipinski definition) is 5. The molecule has 0 N–H and O–H groups in total. The number of ketones is 1. The highest BCUT2D eigenvalue weighted by Gasteiger charge is 2.15. The summed E-state index contributed by atoms with van der Waals surface area (Å²) in [5, 5.41) is 0. The van der Waals surface area contributed by atoms with E-state index < -0.39 is 5.97 Å². The fourth-order valence-corrected chi connectivity index (χ4v) is 2.88. The lowest BCUT2D eigenvalue weighted by Gasteiger charge is -2.18. The van der Waals surface area contributed by atoms with E-state index in [0.717, 1.165) is 24.8 Å². The Bertz CT molecular complexity index is 795. The molecular weight excluding hydrogens is 344 g/mol. The summed E-state index contributed by atoms with van der Waals surface area (Å²) >= 11 is 0. The maximum atomic E-state index is 12.2. The van der Waals surface area contributed by atoms with Crippen molar-refractivity contribution in [3.8, 4) is 11.5 Å². The molecule has 3 rings (SSSR count). The van der Waals surface area contributed by atoms with E-state index in [9.17, 15) is 9.59 Å². The van der Waals surface area contributed by atoms with Gasteiger partial charge in [-0.15, -0.1) is 0 Å². The van der Waals surface area contributed by atoms with Crippen LogP contribution >= 0.6 is 0 Å². The van der Waals surface area contributed by atoms with Crippen molar-refractivity contribution in [3.63, 3.8) is 0 Å². The molecule has 0 radical (unpaired) electrons. The van der Waals surface area contributed by atoms with Gasteiger partial charge < -0.3 is 14.2 Å². The monoisotopic (exact) mass is 368 g/mol. The fraction of sp³-hybridized carbons (Fsp3) is 0.364. The molecule has 2 aromatic carbocycles. The van der Waals surface area contributed by atoms with Gasteiger partial charge in [-0.25, -0.2) is 0 Å². The summed E-state index contributed by atoms with van der Waals surface area (Å²) in [6, 6.07) is 12.9. The van der Waals surface area contributed by atoms with E-state index in [2.05, 4.69) is 6.92 Å². The van der Waals surface area contributed by atoms with Crippen molar-refractivity contribution in [1.82, 2.24) is 0 Å². The van der Waals surface area contributed by atoms with Crippen LogP contribution in [0.4, 0.5) is 0 Å². The molecule has 0 saturated carbocycles. The lowest BCUT2D eigenvalue weighted by molar-refractivity contribution is -0.141. The van der Waals surface area contributed by atoms with Crippen LogP contribution in [-0.4, -0.2) is 31.6 Å². The molecule has 0 aromatic heterocycles. The number of unbranched alkanes of at least 4 members (excludes halogenated alkanes) is 1. The summed E-state index contributed by atoms with van der Waals surface area (Å²) in [7, 11) is 0. The van der Waals surface area contributed by atoms with E-state index in [1.54, 1.807) is 30.3 Å². The first-order valence-electron chi connectivity index (χ1n) is 9.32. The van der Waals surface area contributed by atoms with E-state index in [0.29, 0.717) is 30.3 Å². The van der Waals surface area contributed by atoms with Gasteiger partial charge in [0.05, 0.1) is 6.42 Å². The topological polar surface area (TPSA) is 61.8 Å². The molecule has 2 aromatic rings. The average Bonchev–Trinajstić information content (AvgIpc) is 2.70. The zero-order valence-electron chi connectivity index (χ0n) is 15.5. The molecule has 27 heavy (non-hydrogen) atoms. The Morgan fingerprint density at radius 1 is 0.963 bits per heavy atom. The molecule has 142 valence electrons. The number of carbonyl (C=O) groups is 2. The molecule has 0 atom stereocenters. The summed E-state index contributed by atoms with van der Waals surface area (Å²) in [5.74, 6) is 0.661. The number of hydrogen-bond donors (Lipinski definition) is 0. The van der Waals surface area contributed by atoms with Gasteiger partial charge in [0.15, 0.2) is 23.9 Å². The van der Waals surface area contributed by atoms with Crippen LogP contribution in [0.2, 0.25) is 0 Å². The van der Waals surface area contributed by atoms with Gasteiger partial charge in [-0.3, -0.25) is 9.59 Å². The second-order valence-electron chi connectivity index (χ2n) is 6.54. The summed E-state index contributed by atoms with van der Waals surface area (Å²) in [6.45, 7) is 2.91. The van der Waals surface area contributed by atoms with Crippen molar-refractivity contribution in [2.24, 2.45) is 0 Å². The molecule has 5 heteroatoms. The Balaban J connectivity index is 1.49. The number of carbonyl (C=O) groups excluding carboxylic acids is 2. The van der Waals surface area contributed by atoms with Gasteiger partial charge in [-0.05, 0) is 36.1 Å². The van der Waals surface area contributed by atoms with Crippen molar-refractivity contribution in [2.75, 3.05) is 19.8 Å². The molecule has 0 fully saturated rings. The first kappa shape index (κ1) is 19.0. The maximum absolute atomic E-state index is 12.2. The fourth-order valence-electron chi connectivity index (χ4n) is 2.88. The number of Topliss-reactive ketones (excluding diaryl/α,β-unsaturated/α-hetero) is 1. The molecule has 0 amide bonds. The van der Waals surface area contributed by atoms with E-state index >= 15 is 0 Å². The van der Waals surface area contributed by atoms with Crippen LogP contribution in [0.5, 0.6) is 11.5 Å². The van der Waals surface area contributed by atoms with Gasteiger partial charge in [0, 0.05) is 5.56 Å². The van der Waals surface area contributed by atoms with E-state index in [-0.39, 0.29) is 18.8 Å². The first-order chi connectivity index (χ1) is 13.2. The number of aryl methyl sites for hydroxylation is 1. The third-order valence-electron chi connectivity index (χ3n) is 4.41. The van der Waals surface area contributed by atoms with Crippen molar-refractivity contribution in [3.05, 3.63) is 59.2 Å². The van der Waals surface area contributed by atoms with Crippen molar-refractivity contribution >= 4 is 11.8 Å². The number of rotatable bonds is 8. The molecular formula is C22H24O5. The molecule has 0 bridgehead atoms. The van der Waals surface area contributed by atoms with Crippen LogP contribution in [0.1, 0.15) is 41.3 Å². The van der Waals surface area contributed by atoms with Crippen molar-refractivity contribution in [2.45, 2.75) is 32.6 Å². The van der Waals surface area contributed by atoms with Crippen LogP contribution < -0.4 is 9.47 Å². The smallest absolute Gasteiger partial charge is 0.310 e. The lowest BCUT2D eigenvalue weighted by Crippen LogP contribution is -2.17. The van der Waals surface area contributed by atoms with Crippen molar-refractivity contribution < 1.29 is 23.8 Å². The minimum atomic E-state index is -0.445. The first-order valence-corrected chi connectivity index (χ1v) is 9.32. The molecule has 1 aliphatic heterocycles. The van der Waals surface area contributed by atoms with Crippen LogP contribution in [0.25, 0.3) is 0 Å². The van der Waals surface area contributed by atoms with Crippen LogP contribution in [-0.2, 0) is 22.4 Å². The average molecular weight is 368 g/mol. The van der Waals surface area contributed by atoms with Gasteiger partial charge in [-0.2, -0.15) is 0 Å². The molecule has 1 heterocycles. The predicted molar refractivity (Wildman–Crippen MR) is 101 cm³/mol. The standard InChI is InChI=1S/C22H24O5/c1-2-3-4-16-5-8-18(9-6-16)19(23)15-27-22(24)14-17-7-10-20-21(13-17)26-12-11-25-20/h5-10,13H,2-4,11-12,14-15H2,1H3. The number of esters is 1. The molecule has 0 spiro atoms. The zero-order chi connectivity index (χ0) is 19.1. The summed E-state index contributed by atoms with van der Waals surface area (Å²) in [6.07, 6.45) is 3.36. The molecule has 5 nitrogen and oxygen atoms in total. The SMILES string of the molecule is CCCCc1ccc(C(=O)COC(=O)Cc2ccc3c(c2)OCCO3)cc1. The minimum Gasteiger partial charge on any atom is -0.486 e. The summed E-state index contributed by atoms with van der Waals surface area (Å²) in [5.41, 5.74) is 2.53. The Kier molecular flexibility index (Phi) is 6.47. The van der Waals surface area contributed by atoms with E-state index in [1.165, 1.54) is 5.56 Å². The molecule has 0 aliphatic carbocycles. The Morgan fingerprint density at radius 2 is 1.67 bits per heavy atom. The van der Waals surface area contributed by atoms with E-state index in [1.807, 2.05) is 12.1 Å². The minimum absolute atomic E-state index is 0.0832. The quantitative estimate of drug-likeness (QED) is 0.524. The third-order valence-corrected chi connectivity index (χ3v) is 4.41. The maximum Gasteiger partial charge on any atom is 0.310 e. The number of fused-ring (bicyclic) bond motifs is 1. The number of ether oxygens (including phenoxy) is 3. The lowest BCUT2D eigenvalue weighted by atomic mass is 10.0. The van der Waals surface area contributed by atoms with Gasteiger partial charge in [-0.1, -0.05) is 43.7 Å². The molecule has 0 unspecified atom stereocenters. The van der Waals surface area contributed by atoms with Crippen molar-refractivity contribution in [1.29, 1.82) is 0 Å². The summed E-state index contributed by atoms with van der Waals surface area (Å²) in [4.78, 5) is 24.2. The molecule has 0 saturated heterocycles. The Labute approximate surface area is 159 Å². The zero-order valence-corrected chi connectivity index (χ0v) is 15.5. The van der Waals surface area contributed by atoms with Crippen LogP contribution in [0.3, 0.4) is 0 Å². The van der Waals surface area contributed by atoms with Gasteiger partial charge in [0.25, 0.3) is 0 Å². The Morgan fingerprint density at radius 3 is 2.41 bits per heavy atom.